The number of hydrogen-bond donors (Lipinski definition) is 3. The van der Waals surface area contributed by atoms with Crippen LogP contribution in [0.2, 0.25) is 0 Å². The first kappa shape index (κ1) is 42.2. The van der Waals surface area contributed by atoms with Gasteiger partial charge < -0.3 is 19.4 Å². The minimum absolute atomic E-state index is 0.997. The molecule has 3 N–H and O–H groups in total. The minimum Gasteiger partial charge on any atom is -0.381 e. The van der Waals surface area contributed by atoms with Crippen molar-refractivity contribution in [2.24, 2.45) is 0 Å². The fourth-order valence-electron chi connectivity index (χ4n) is 5.25. The van der Waals surface area contributed by atoms with E-state index in [2.05, 4.69) is 13.8 Å². The zero-order valence-corrected chi connectivity index (χ0v) is 28.1. The molecule has 0 aromatic carbocycles. The molecule has 0 aromatic heterocycles. The van der Waals surface area contributed by atoms with Gasteiger partial charge in [-0.05, 0) is 12.8 Å². The van der Waals surface area contributed by atoms with Crippen LogP contribution in [0.5, 0.6) is 0 Å². The smallest absolute Gasteiger partial charge is 0.381 e. The van der Waals surface area contributed by atoms with Crippen LogP contribution in [0.4, 0.5) is 0 Å². The summed E-state index contributed by atoms with van der Waals surface area (Å²) < 4.78 is 14.7. The first-order chi connectivity index (χ1) is 19.4. The summed E-state index contributed by atoms with van der Waals surface area (Å²) in [5.41, 5.74) is 0. The Morgan fingerprint density at radius 3 is 0.675 bits per heavy atom. The van der Waals surface area contributed by atoms with Gasteiger partial charge in [0.25, 0.3) is 0 Å². The Bertz CT molecular complexity index is 443. The normalized spacial score (nSPS) is 11.5. The van der Waals surface area contributed by atoms with Crippen molar-refractivity contribution in [3.05, 3.63) is 0 Å². The number of phosphoric acid groups is 1. The summed E-state index contributed by atoms with van der Waals surface area (Å²) in [6.07, 6.45) is 43.0. The molecule has 0 bridgehead atoms. The van der Waals surface area contributed by atoms with E-state index in [1.54, 1.807) is 0 Å². The average Bonchev–Trinajstić information content (AvgIpc) is 2.91. The van der Waals surface area contributed by atoms with Crippen LogP contribution in [-0.4, -0.2) is 27.9 Å². The van der Waals surface area contributed by atoms with Crippen molar-refractivity contribution >= 4 is 7.82 Å². The van der Waals surface area contributed by atoms with Crippen LogP contribution >= 0.6 is 7.82 Å². The van der Waals surface area contributed by atoms with E-state index in [1.807, 2.05) is 0 Å². The fourth-order valence-corrected chi connectivity index (χ4v) is 5.25. The van der Waals surface area contributed by atoms with Crippen molar-refractivity contribution in [1.82, 2.24) is 0 Å². The summed E-state index contributed by atoms with van der Waals surface area (Å²) in [5.74, 6) is 0. The van der Waals surface area contributed by atoms with Gasteiger partial charge in [-0.25, -0.2) is 4.57 Å². The lowest BCUT2D eigenvalue weighted by Gasteiger charge is -2.05. The third-order valence-corrected chi connectivity index (χ3v) is 7.78. The minimum atomic E-state index is -4.64. The molecule has 0 aromatic rings. The van der Waals surface area contributed by atoms with Gasteiger partial charge in [0, 0.05) is 13.2 Å². The second kappa shape index (κ2) is 37.1. The van der Waals surface area contributed by atoms with E-state index in [1.165, 1.54) is 193 Å². The largest absolute Gasteiger partial charge is 0.466 e. The van der Waals surface area contributed by atoms with Crippen LogP contribution in [0.25, 0.3) is 0 Å². The molecule has 0 aliphatic carbocycles. The standard InChI is InChI=1S/C34H70O.H3O4P/c1-3-5-7-9-11-13-15-17-19-20-22-24-26-28-30-32-34-35-33-31-29-27-25-23-21-18-16-14-12-10-8-6-4-2;1-5(2,3)4/h3-34H2,1-2H3;(H3,1,2,3,4). The predicted octanol–water partition coefficient (Wildman–Crippen LogP) is 11.8. The highest BCUT2D eigenvalue weighted by Crippen LogP contribution is 2.25. The Morgan fingerprint density at radius 1 is 0.350 bits per heavy atom. The van der Waals surface area contributed by atoms with E-state index in [-0.39, 0.29) is 0 Å². The Hall–Kier alpha value is 0.0700. The summed E-state index contributed by atoms with van der Waals surface area (Å²) in [7, 11) is -4.64. The summed E-state index contributed by atoms with van der Waals surface area (Å²) in [6.45, 7) is 6.60. The van der Waals surface area contributed by atoms with Crippen molar-refractivity contribution in [3.8, 4) is 0 Å². The highest BCUT2D eigenvalue weighted by molar-refractivity contribution is 7.45. The summed E-state index contributed by atoms with van der Waals surface area (Å²) in [6, 6.07) is 0. The second-order valence-corrected chi connectivity index (χ2v) is 13.1. The molecule has 0 saturated carbocycles. The monoisotopic (exact) mass is 593 g/mol. The highest BCUT2D eigenvalue weighted by Gasteiger charge is 2.00. The predicted molar refractivity (Wildman–Crippen MR) is 175 cm³/mol. The Balaban J connectivity index is 0. The van der Waals surface area contributed by atoms with E-state index in [0.717, 1.165) is 13.2 Å². The first-order valence-electron chi connectivity index (χ1n) is 17.8. The lowest BCUT2D eigenvalue weighted by Crippen LogP contribution is -1.97. The molecule has 0 rings (SSSR count). The Morgan fingerprint density at radius 2 is 0.500 bits per heavy atom. The quantitative estimate of drug-likeness (QED) is 0.0534. The van der Waals surface area contributed by atoms with Crippen LogP contribution in [0.3, 0.4) is 0 Å². The molecule has 0 unspecified atom stereocenters. The van der Waals surface area contributed by atoms with Gasteiger partial charge in [0.2, 0.25) is 0 Å². The molecule has 0 radical (unpaired) electrons. The molecule has 0 aliphatic rings. The molecule has 0 heterocycles. The van der Waals surface area contributed by atoms with E-state index < -0.39 is 7.82 Å². The van der Waals surface area contributed by atoms with Gasteiger partial charge in [-0.1, -0.05) is 194 Å². The molecular formula is C34H73O5P. The van der Waals surface area contributed by atoms with Crippen LogP contribution in [0.15, 0.2) is 0 Å². The maximum Gasteiger partial charge on any atom is 0.466 e. The molecule has 5 nitrogen and oxygen atoms in total. The molecule has 0 amide bonds. The second-order valence-electron chi connectivity index (χ2n) is 12.0. The van der Waals surface area contributed by atoms with E-state index >= 15 is 0 Å². The van der Waals surface area contributed by atoms with Crippen molar-refractivity contribution in [2.75, 3.05) is 13.2 Å². The van der Waals surface area contributed by atoms with E-state index in [4.69, 9.17) is 24.0 Å². The van der Waals surface area contributed by atoms with Gasteiger partial charge in [0.05, 0.1) is 0 Å². The zero-order valence-electron chi connectivity index (χ0n) is 27.2. The Kier molecular flexibility index (Phi) is 39.1. The van der Waals surface area contributed by atoms with Crippen LogP contribution in [-0.2, 0) is 9.30 Å². The van der Waals surface area contributed by atoms with Crippen molar-refractivity contribution in [3.63, 3.8) is 0 Å². The van der Waals surface area contributed by atoms with Gasteiger partial charge in [-0.3, -0.25) is 0 Å². The molecule has 0 atom stereocenters. The molecule has 40 heavy (non-hydrogen) atoms. The lowest BCUT2D eigenvalue weighted by molar-refractivity contribution is 0.125. The number of ether oxygens (including phenoxy) is 1. The number of rotatable bonds is 32. The van der Waals surface area contributed by atoms with Gasteiger partial charge in [0.1, 0.15) is 0 Å². The van der Waals surface area contributed by atoms with Gasteiger partial charge in [-0.15, -0.1) is 0 Å². The maximum absolute atomic E-state index is 8.88. The average molecular weight is 593 g/mol. The van der Waals surface area contributed by atoms with Gasteiger partial charge >= 0.3 is 7.82 Å². The first-order valence-corrected chi connectivity index (χ1v) is 19.3. The van der Waals surface area contributed by atoms with Crippen molar-refractivity contribution < 1.29 is 24.0 Å². The summed E-state index contributed by atoms with van der Waals surface area (Å²) in [5, 5.41) is 0. The molecule has 6 heteroatoms. The number of unbranched alkanes of at least 4 members (excludes halogenated alkanes) is 28. The molecule has 0 aliphatic heterocycles. The van der Waals surface area contributed by atoms with E-state index in [0.29, 0.717) is 0 Å². The molecule has 0 spiro atoms. The molecular weight excluding hydrogens is 519 g/mol. The van der Waals surface area contributed by atoms with Gasteiger partial charge in [-0.2, -0.15) is 0 Å². The maximum atomic E-state index is 8.88. The van der Waals surface area contributed by atoms with Crippen LogP contribution in [0.1, 0.15) is 206 Å². The van der Waals surface area contributed by atoms with Gasteiger partial charge in [0.15, 0.2) is 0 Å². The lowest BCUT2D eigenvalue weighted by atomic mass is 10.0. The third kappa shape index (κ3) is 50.9. The third-order valence-electron chi connectivity index (χ3n) is 7.78. The molecule has 244 valence electrons. The SMILES string of the molecule is CCCCCCCCCCCCCCCCCCOCCCCCCCCCCCCCCCC.O=P(O)(O)O. The molecule has 0 saturated heterocycles. The van der Waals surface area contributed by atoms with Crippen LogP contribution < -0.4 is 0 Å². The summed E-state index contributed by atoms with van der Waals surface area (Å²) in [4.78, 5) is 21.6. The topological polar surface area (TPSA) is 87.0 Å². The van der Waals surface area contributed by atoms with Crippen molar-refractivity contribution in [2.45, 2.75) is 206 Å². The van der Waals surface area contributed by atoms with Crippen molar-refractivity contribution in [1.29, 1.82) is 0 Å². The zero-order chi connectivity index (χ0) is 29.8. The van der Waals surface area contributed by atoms with E-state index in [9.17, 15) is 0 Å². The van der Waals surface area contributed by atoms with Crippen LogP contribution in [0, 0.1) is 0 Å². The number of hydrogen-bond acceptors (Lipinski definition) is 2. The fraction of sp³-hybridized carbons (Fsp3) is 1.00. The Labute approximate surface area is 251 Å². The molecule has 0 fully saturated rings. The summed E-state index contributed by atoms with van der Waals surface area (Å²) >= 11 is 0. The highest BCUT2D eigenvalue weighted by atomic mass is 31.2.